The molecular formula is C12H26N2O. The maximum absolute atomic E-state index is 8.68. The largest absolute Gasteiger partial charge is 0.396 e. The van der Waals surface area contributed by atoms with E-state index in [2.05, 4.69) is 10.2 Å². The van der Waals surface area contributed by atoms with E-state index in [-0.39, 0.29) is 0 Å². The van der Waals surface area contributed by atoms with Gasteiger partial charge in [0.2, 0.25) is 0 Å². The molecule has 2 N–H and O–H groups in total. The van der Waals surface area contributed by atoms with Gasteiger partial charge in [0.25, 0.3) is 0 Å². The molecule has 1 aliphatic rings. The van der Waals surface area contributed by atoms with Crippen LogP contribution in [0.25, 0.3) is 0 Å². The number of aliphatic hydroxyl groups is 1. The third kappa shape index (κ3) is 5.50. The first-order valence-electron chi connectivity index (χ1n) is 6.34. The molecule has 0 bridgehead atoms. The third-order valence-corrected chi connectivity index (χ3v) is 3.33. The standard InChI is InChI=1S/C12H26N2O/c1-13-11-12-5-8-14(9-6-12)7-3-2-4-10-15/h12-13,15H,2-11H2,1H3. The van der Waals surface area contributed by atoms with Gasteiger partial charge in [-0.3, -0.25) is 0 Å². The number of piperidine rings is 1. The van der Waals surface area contributed by atoms with Gasteiger partial charge in [-0.15, -0.1) is 0 Å². The van der Waals surface area contributed by atoms with Crippen LogP contribution in [-0.4, -0.2) is 49.8 Å². The van der Waals surface area contributed by atoms with Crippen molar-refractivity contribution in [1.29, 1.82) is 0 Å². The smallest absolute Gasteiger partial charge is 0.0431 e. The summed E-state index contributed by atoms with van der Waals surface area (Å²) >= 11 is 0. The summed E-state index contributed by atoms with van der Waals surface area (Å²) in [6.07, 6.45) is 6.09. The van der Waals surface area contributed by atoms with Gasteiger partial charge in [-0.25, -0.2) is 0 Å². The molecule has 0 aromatic carbocycles. The summed E-state index contributed by atoms with van der Waals surface area (Å²) in [6.45, 7) is 5.30. The summed E-state index contributed by atoms with van der Waals surface area (Å²) in [5.74, 6) is 0.892. The highest BCUT2D eigenvalue weighted by Gasteiger charge is 2.17. The lowest BCUT2D eigenvalue weighted by atomic mass is 9.96. The van der Waals surface area contributed by atoms with E-state index in [0.717, 1.165) is 12.3 Å². The zero-order chi connectivity index (χ0) is 10.9. The molecule has 0 aromatic rings. The molecule has 3 heteroatoms. The number of rotatable bonds is 7. The molecule has 0 unspecified atom stereocenters. The summed E-state index contributed by atoms with van der Waals surface area (Å²) in [6, 6.07) is 0. The number of nitrogens with zero attached hydrogens (tertiary/aromatic N) is 1. The van der Waals surface area contributed by atoms with Gasteiger partial charge < -0.3 is 15.3 Å². The Labute approximate surface area is 93.9 Å². The third-order valence-electron chi connectivity index (χ3n) is 3.33. The van der Waals surface area contributed by atoms with E-state index in [1.807, 2.05) is 7.05 Å². The van der Waals surface area contributed by atoms with E-state index in [0.29, 0.717) is 6.61 Å². The average Bonchev–Trinajstić information content (AvgIpc) is 2.27. The van der Waals surface area contributed by atoms with Crippen molar-refractivity contribution in [3.05, 3.63) is 0 Å². The van der Waals surface area contributed by atoms with Crippen molar-refractivity contribution in [3.8, 4) is 0 Å². The molecule has 0 aromatic heterocycles. The van der Waals surface area contributed by atoms with Crippen molar-refractivity contribution in [2.45, 2.75) is 32.1 Å². The molecule has 15 heavy (non-hydrogen) atoms. The molecule has 1 saturated heterocycles. The molecule has 0 amide bonds. The topological polar surface area (TPSA) is 35.5 Å². The monoisotopic (exact) mass is 214 g/mol. The van der Waals surface area contributed by atoms with Crippen LogP contribution in [0.5, 0.6) is 0 Å². The van der Waals surface area contributed by atoms with Gasteiger partial charge in [-0.1, -0.05) is 0 Å². The van der Waals surface area contributed by atoms with E-state index in [1.165, 1.54) is 51.9 Å². The zero-order valence-electron chi connectivity index (χ0n) is 10.0. The number of unbranched alkanes of at least 4 members (excludes halogenated alkanes) is 2. The summed E-state index contributed by atoms with van der Waals surface area (Å²) in [4.78, 5) is 2.57. The van der Waals surface area contributed by atoms with Crippen LogP contribution < -0.4 is 5.32 Å². The van der Waals surface area contributed by atoms with Crippen molar-refractivity contribution in [2.75, 3.05) is 39.8 Å². The summed E-state index contributed by atoms with van der Waals surface area (Å²) < 4.78 is 0. The Morgan fingerprint density at radius 1 is 1.20 bits per heavy atom. The lowest BCUT2D eigenvalue weighted by Crippen LogP contribution is -2.37. The summed E-state index contributed by atoms with van der Waals surface area (Å²) in [5, 5.41) is 11.9. The second-order valence-corrected chi connectivity index (χ2v) is 4.63. The fraction of sp³-hybridized carbons (Fsp3) is 1.00. The molecule has 0 aliphatic carbocycles. The van der Waals surface area contributed by atoms with Crippen LogP contribution in [0.4, 0.5) is 0 Å². The van der Waals surface area contributed by atoms with Gasteiger partial charge in [0, 0.05) is 6.61 Å². The number of nitrogens with one attached hydrogen (secondary N) is 1. The lowest BCUT2D eigenvalue weighted by Gasteiger charge is -2.31. The Morgan fingerprint density at radius 3 is 2.53 bits per heavy atom. The lowest BCUT2D eigenvalue weighted by molar-refractivity contribution is 0.179. The van der Waals surface area contributed by atoms with Gasteiger partial charge in [0.1, 0.15) is 0 Å². The van der Waals surface area contributed by atoms with Crippen LogP contribution >= 0.6 is 0 Å². The fourth-order valence-electron chi connectivity index (χ4n) is 2.33. The molecule has 90 valence electrons. The Balaban J connectivity index is 1.99. The van der Waals surface area contributed by atoms with Crippen LogP contribution in [0, 0.1) is 5.92 Å². The molecule has 0 radical (unpaired) electrons. The van der Waals surface area contributed by atoms with Crippen molar-refractivity contribution in [3.63, 3.8) is 0 Å². The van der Waals surface area contributed by atoms with Crippen molar-refractivity contribution < 1.29 is 5.11 Å². The Kier molecular flexibility index (Phi) is 6.98. The van der Waals surface area contributed by atoms with Gasteiger partial charge in [0.05, 0.1) is 0 Å². The molecular weight excluding hydrogens is 188 g/mol. The highest BCUT2D eigenvalue weighted by atomic mass is 16.2. The fourth-order valence-corrected chi connectivity index (χ4v) is 2.33. The number of hydrogen-bond acceptors (Lipinski definition) is 3. The highest BCUT2D eigenvalue weighted by Crippen LogP contribution is 2.16. The molecule has 0 atom stereocenters. The van der Waals surface area contributed by atoms with E-state index in [1.54, 1.807) is 0 Å². The SMILES string of the molecule is CNCC1CCN(CCCCCO)CC1. The van der Waals surface area contributed by atoms with Crippen LogP contribution in [0.2, 0.25) is 0 Å². The summed E-state index contributed by atoms with van der Waals surface area (Å²) in [5.41, 5.74) is 0. The molecule has 0 saturated carbocycles. The van der Waals surface area contributed by atoms with Crippen LogP contribution in [0.3, 0.4) is 0 Å². The highest BCUT2D eigenvalue weighted by molar-refractivity contribution is 4.73. The van der Waals surface area contributed by atoms with Crippen LogP contribution in [0.15, 0.2) is 0 Å². The normalized spacial score (nSPS) is 19.6. The number of aliphatic hydroxyl groups excluding tert-OH is 1. The quantitative estimate of drug-likeness (QED) is 0.623. The number of likely N-dealkylation sites (tertiary alicyclic amines) is 1. The molecule has 1 fully saturated rings. The second-order valence-electron chi connectivity index (χ2n) is 4.63. The van der Waals surface area contributed by atoms with Gasteiger partial charge in [-0.2, -0.15) is 0 Å². The van der Waals surface area contributed by atoms with Crippen LogP contribution in [0.1, 0.15) is 32.1 Å². The molecule has 0 spiro atoms. The maximum atomic E-state index is 8.68. The Morgan fingerprint density at radius 2 is 1.93 bits per heavy atom. The number of hydrogen-bond donors (Lipinski definition) is 2. The van der Waals surface area contributed by atoms with Gasteiger partial charge in [-0.05, 0) is 71.2 Å². The minimum Gasteiger partial charge on any atom is -0.396 e. The summed E-state index contributed by atoms with van der Waals surface area (Å²) in [7, 11) is 2.04. The predicted octanol–water partition coefficient (Wildman–Crippen LogP) is 1.08. The van der Waals surface area contributed by atoms with Gasteiger partial charge in [0.15, 0.2) is 0 Å². The Bertz CT molecular complexity index is 142. The zero-order valence-corrected chi connectivity index (χ0v) is 10.0. The van der Waals surface area contributed by atoms with Crippen molar-refractivity contribution in [2.24, 2.45) is 5.92 Å². The minimum absolute atomic E-state index is 0.351. The van der Waals surface area contributed by atoms with Crippen molar-refractivity contribution >= 4 is 0 Å². The predicted molar refractivity (Wildman–Crippen MR) is 64.0 cm³/mol. The second kappa shape index (κ2) is 8.08. The van der Waals surface area contributed by atoms with E-state index in [4.69, 9.17) is 5.11 Å². The first kappa shape index (κ1) is 12.9. The van der Waals surface area contributed by atoms with Gasteiger partial charge >= 0.3 is 0 Å². The van der Waals surface area contributed by atoms with E-state index in [9.17, 15) is 0 Å². The van der Waals surface area contributed by atoms with E-state index < -0.39 is 0 Å². The molecule has 3 nitrogen and oxygen atoms in total. The molecule has 1 aliphatic heterocycles. The first-order chi connectivity index (χ1) is 7.36. The Hall–Kier alpha value is -0.120. The molecule has 1 rings (SSSR count). The average molecular weight is 214 g/mol. The first-order valence-corrected chi connectivity index (χ1v) is 6.34. The van der Waals surface area contributed by atoms with Crippen molar-refractivity contribution in [1.82, 2.24) is 10.2 Å². The van der Waals surface area contributed by atoms with Crippen LogP contribution in [-0.2, 0) is 0 Å². The minimum atomic E-state index is 0.351. The van der Waals surface area contributed by atoms with E-state index >= 15 is 0 Å². The molecule has 1 heterocycles. The maximum Gasteiger partial charge on any atom is 0.0431 e.